The Labute approximate surface area is 109 Å². The van der Waals surface area contributed by atoms with E-state index >= 15 is 0 Å². The van der Waals surface area contributed by atoms with Crippen LogP contribution in [0.5, 0.6) is 0 Å². The Kier molecular flexibility index (Phi) is 2.78. The first-order valence-electron chi connectivity index (χ1n) is 5.58. The highest BCUT2D eigenvalue weighted by Crippen LogP contribution is 2.31. The minimum absolute atomic E-state index is 0.316. The van der Waals surface area contributed by atoms with E-state index in [9.17, 15) is 0 Å². The number of hydrogen-bond donors (Lipinski definition) is 1. The number of aromatic nitrogens is 1. The summed E-state index contributed by atoms with van der Waals surface area (Å²) in [6, 6.07) is 9.43. The number of benzene rings is 1. The third-order valence-corrected chi connectivity index (χ3v) is 3.34. The van der Waals surface area contributed by atoms with Crippen LogP contribution in [0, 0.1) is 0 Å². The van der Waals surface area contributed by atoms with Crippen molar-refractivity contribution in [3.05, 3.63) is 65.3 Å². The molecule has 3 aromatic rings. The molecule has 0 saturated carbocycles. The van der Waals surface area contributed by atoms with Crippen LogP contribution in [0.4, 0.5) is 0 Å². The fourth-order valence-corrected chi connectivity index (χ4v) is 2.33. The third-order valence-electron chi connectivity index (χ3n) is 3.03. The molecule has 0 aliphatic carbocycles. The van der Waals surface area contributed by atoms with E-state index in [0.29, 0.717) is 5.22 Å². The molecule has 0 amide bonds. The van der Waals surface area contributed by atoms with Gasteiger partial charge >= 0.3 is 0 Å². The number of fused-ring (bicyclic) bond motifs is 1. The lowest BCUT2D eigenvalue weighted by Gasteiger charge is -2.13. The number of furan rings is 1. The molecular weight excluding hydrogens is 248 g/mol. The molecule has 2 heterocycles. The number of halogens is 1. The number of nitrogens with zero attached hydrogens (tertiary/aromatic N) is 1. The van der Waals surface area contributed by atoms with E-state index in [4.69, 9.17) is 21.8 Å². The van der Waals surface area contributed by atoms with Crippen LogP contribution in [0.25, 0.3) is 10.8 Å². The second kappa shape index (κ2) is 4.44. The third kappa shape index (κ3) is 1.78. The summed E-state index contributed by atoms with van der Waals surface area (Å²) in [4.78, 5) is 4.15. The monoisotopic (exact) mass is 258 g/mol. The zero-order valence-electron chi connectivity index (χ0n) is 9.51. The molecule has 2 aromatic heterocycles. The van der Waals surface area contributed by atoms with Crippen molar-refractivity contribution in [3.63, 3.8) is 0 Å². The van der Waals surface area contributed by atoms with Crippen LogP contribution in [0.2, 0.25) is 5.22 Å². The van der Waals surface area contributed by atoms with Crippen LogP contribution in [-0.4, -0.2) is 4.98 Å². The first-order valence-corrected chi connectivity index (χ1v) is 5.96. The molecule has 0 spiro atoms. The van der Waals surface area contributed by atoms with Crippen molar-refractivity contribution in [3.8, 4) is 0 Å². The van der Waals surface area contributed by atoms with E-state index in [1.165, 1.54) is 0 Å². The summed E-state index contributed by atoms with van der Waals surface area (Å²) in [6.45, 7) is 0. The maximum atomic E-state index is 6.26. The van der Waals surface area contributed by atoms with Gasteiger partial charge in [0, 0.05) is 23.3 Å². The molecule has 1 aromatic carbocycles. The molecule has 2 N–H and O–H groups in total. The first kappa shape index (κ1) is 11.3. The molecule has 0 saturated heterocycles. The van der Waals surface area contributed by atoms with E-state index in [0.717, 1.165) is 21.9 Å². The van der Waals surface area contributed by atoms with Crippen LogP contribution in [0.3, 0.4) is 0 Å². The molecule has 0 radical (unpaired) electrons. The van der Waals surface area contributed by atoms with Crippen molar-refractivity contribution in [2.45, 2.75) is 6.04 Å². The number of hydrogen-bond acceptors (Lipinski definition) is 3. The molecule has 4 heteroatoms. The van der Waals surface area contributed by atoms with Gasteiger partial charge in [0.1, 0.15) is 0 Å². The van der Waals surface area contributed by atoms with Gasteiger partial charge in [-0.1, -0.05) is 18.2 Å². The van der Waals surface area contributed by atoms with Crippen LogP contribution < -0.4 is 5.73 Å². The predicted octanol–water partition coefficient (Wildman–Crippen LogP) is 3.53. The van der Waals surface area contributed by atoms with Gasteiger partial charge in [0.05, 0.1) is 12.3 Å². The van der Waals surface area contributed by atoms with E-state index < -0.39 is 0 Å². The lowest BCUT2D eigenvalue weighted by molar-refractivity contribution is 0.564. The lowest BCUT2D eigenvalue weighted by atomic mass is 9.97. The standard InChI is InChI=1S/C14H11ClN2O/c15-14-11(5-7-18-14)13(16)10-3-1-2-9-4-6-17-8-12(9)10/h1-8,13H,16H2. The second-order valence-corrected chi connectivity index (χ2v) is 4.41. The molecule has 0 fully saturated rings. The minimum Gasteiger partial charge on any atom is -0.453 e. The number of rotatable bonds is 2. The Morgan fingerprint density at radius 2 is 2.06 bits per heavy atom. The molecule has 1 unspecified atom stereocenters. The molecule has 1 atom stereocenters. The summed E-state index contributed by atoms with van der Waals surface area (Å²) >= 11 is 5.97. The van der Waals surface area contributed by atoms with Crippen molar-refractivity contribution < 1.29 is 4.42 Å². The van der Waals surface area contributed by atoms with Gasteiger partial charge in [0.25, 0.3) is 0 Å². The van der Waals surface area contributed by atoms with Gasteiger partial charge < -0.3 is 10.2 Å². The van der Waals surface area contributed by atoms with Crippen LogP contribution in [-0.2, 0) is 0 Å². The van der Waals surface area contributed by atoms with Crippen LogP contribution >= 0.6 is 11.6 Å². The highest BCUT2D eigenvalue weighted by atomic mass is 35.5. The van der Waals surface area contributed by atoms with Crippen LogP contribution in [0.15, 0.2) is 53.4 Å². The topological polar surface area (TPSA) is 52.0 Å². The van der Waals surface area contributed by atoms with Crippen molar-refractivity contribution in [1.82, 2.24) is 4.98 Å². The van der Waals surface area contributed by atoms with E-state index in [1.807, 2.05) is 30.5 Å². The number of nitrogens with two attached hydrogens (primary N) is 1. The smallest absolute Gasteiger partial charge is 0.198 e. The highest BCUT2D eigenvalue weighted by Gasteiger charge is 2.16. The fourth-order valence-electron chi connectivity index (χ4n) is 2.10. The fraction of sp³-hybridized carbons (Fsp3) is 0.0714. The Morgan fingerprint density at radius 3 is 2.83 bits per heavy atom. The van der Waals surface area contributed by atoms with Crippen molar-refractivity contribution in [2.75, 3.05) is 0 Å². The van der Waals surface area contributed by atoms with Crippen molar-refractivity contribution in [1.29, 1.82) is 0 Å². The first-order chi connectivity index (χ1) is 8.77. The average Bonchev–Trinajstić information content (AvgIpc) is 2.83. The maximum Gasteiger partial charge on any atom is 0.198 e. The van der Waals surface area contributed by atoms with Gasteiger partial charge in [-0.15, -0.1) is 0 Å². The molecule has 3 rings (SSSR count). The normalized spacial score (nSPS) is 12.8. The zero-order valence-corrected chi connectivity index (χ0v) is 10.3. The largest absolute Gasteiger partial charge is 0.453 e. The Bertz CT molecular complexity index is 688. The molecule has 0 aliphatic heterocycles. The van der Waals surface area contributed by atoms with Crippen LogP contribution in [0.1, 0.15) is 17.2 Å². The molecule has 0 aliphatic rings. The summed E-state index contributed by atoms with van der Waals surface area (Å²) < 4.78 is 5.09. The van der Waals surface area contributed by atoms with Gasteiger partial charge in [-0.05, 0) is 34.7 Å². The van der Waals surface area contributed by atoms with E-state index in [2.05, 4.69) is 4.98 Å². The molecule has 90 valence electrons. The second-order valence-electron chi connectivity index (χ2n) is 4.07. The Hall–Kier alpha value is -1.84. The molecule has 0 bridgehead atoms. The van der Waals surface area contributed by atoms with Crippen molar-refractivity contribution in [2.24, 2.45) is 5.73 Å². The van der Waals surface area contributed by atoms with Gasteiger partial charge in [0.2, 0.25) is 0 Å². The summed E-state index contributed by atoms with van der Waals surface area (Å²) in [5, 5.41) is 2.48. The maximum absolute atomic E-state index is 6.26. The Morgan fingerprint density at radius 1 is 1.17 bits per heavy atom. The average molecular weight is 259 g/mol. The summed E-state index contributed by atoms with van der Waals surface area (Å²) in [7, 11) is 0. The molecule has 3 nitrogen and oxygen atoms in total. The lowest BCUT2D eigenvalue weighted by Crippen LogP contribution is -2.11. The summed E-state index contributed by atoms with van der Waals surface area (Å²) in [6.07, 6.45) is 5.13. The summed E-state index contributed by atoms with van der Waals surface area (Å²) in [5.41, 5.74) is 8.03. The van der Waals surface area contributed by atoms with Gasteiger partial charge in [-0.2, -0.15) is 0 Å². The predicted molar refractivity (Wildman–Crippen MR) is 71.5 cm³/mol. The van der Waals surface area contributed by atoms with E-state index in [-0.39, 0.29) is 6.04 Å². The highest BCUT2D eigenvalue weighted by molar-refractivity contribution is 6.29. The summed E-state index contributed by atoms with van der Waals surface area (Å²) in [5.74, 6) is 0. The molecule has 18 heavy (non-hydrogen) atoms. The Balaban J connectivity index is 2.18. The minimum atomic E-state index is -0.316. The SMILES string of the molecule is NC(c1ccoc1Cl)c1cccc2ccncc12. The quantitative estimate of drug-likeness (QED) is 0.765. The molecular formula is C14H11ClN2O. The van der Waals surface area contributed by atoms with Gasteiger partial charge in [0.15, 0.2) is 5.22 Å². The van der Waals surface area contributed by atoms with E-state index in [1.54, 1.807) is 18.5 Å². The zero-order chi connectivity index (χ0) is 12.5. The van der Waals surface area contributed by atoms with Gasteiger partial charge in [-0.25, -0.2) is 0 Å². The van der Waals surface area contributed by atoms with Crippen molar-refractivity contribution >= 4 is 22.4 Å². The number of pyridine rings is 1. The van der Waals surface area contributed by atoms with Gasteiger partial charge in [-0.3, -0.25) is 4.98 Å².